The first kappa shape index (κ1) is 12.3. The number of H-pyrrole nitrogens is 2. The van der Waals surface area contributed by atoms with Crippen LogP contribution in [0.15, 0.2) is 36.4 Å². The number of hydrogen-bond donors (Lipinski definition) is 2. The van der Waals surface area contributed by atoms with Gasteiger partial charge in [-0.3, -0.25) is 5.10 Å². The highest BCUT2D eigenvalue weighted by atomic mass is 16.5. The van der Waals surface area contributed by atoms with Crippen molar-refractivity contribution in [3.05, 3.63) is 42.0 Å². The van der Waals surface area contributed by atoms with Crippen LogP contribution < -0.4 is 4.74 Å². The van der Waals surface area contributed by atoms with Crippen molar-refractivity contribution in [2.45, 2.75) is 6.42 Å². The maximum atomic E-state index is 5.57. The number of nitrogens with one attached hydrogen (secondary N) is 2. The minimum atomic E-state index is 0.571. The van der Waals surface area contributed by atoms with E-state index in [1.54, 1.807) is 0 Å². The third kappa shape index (κ3) is 1.90. The Labute approximate surface area is 130 Å². The van der Waals surface area contributed by atoms with Crippen molar-refractivity contribution >= 4 is 10.9 Å². The first-order chi connectivity index (χ1) is 11.4. The molecular weight excluding hydrogens is 292 g/mol. The number of hydrogen-bond acceptors (Lipinski definition) is 5. The highest BCUT2D eigenvalue weighted by Crippen LogP contribution is 2.33. The third-order valence-corrected chi connectivity index (χ3v) is 4.13. The van der Waals surface area contributed by atoms with E-state index in [2.05, 4.69) is 36.9 Å². The van der Waals surface area contributed by atoms with Crippen molar-refractivity contribution in [3.8, 4) is 28.4 Å². The summed E-state index contributed by atoms with van der Waals surface area (Å²) in [5.41, 5.74) is 5.10. The average molecular weight is 304 g/mol. The molecule has 0 saturated carbocycles. The van der Waals surface area contributed by atoms with Gasteiger partial charge in [-0.1, -0.05) is 0 Å². The van der Waals surface area contributed by atoms with Crippen LogP contribution in [0.3, 0.4) is 0 Å². The van der Waals surface area contributed by atoms with Gasteiger partial charge in [-0.2, -0.15) is 10.3 Å². The molecule has 3 heterocycles. The van der Waals surface area contributed by atoms with Crippen LogP contribution in [-0.4, -0.2) is 37.4 Å². The number of ether oxygens (including phenoxy) is 1. The van der Waals surface area contributed by atoms with E-state index >= 15 is 0 Å². The van der Waals surface area contributed by atoms with Crippen molar-refractivity contribution in [1.82, 2.24) is 30.8 Å². The Morgan fingerprint density at radius 1 is 1.00 bits per heavy atom. The maximum absolute atomic E-state index is 5.57. The molecule has 0 spiro atoms. The van der Waals surface area contributed by atoms with Crippen molar-refractivity contribution < 1.29 is 4.74 Å². The van der Waals surface area contributed by atoms with Crippen LogP contribution in [0.2, 0.25) is 0 Å². The van der Waals surface area contributed by atoms with E-state index in [1.165, 1.54) is 5.56 Å². The molecule has 0 saturated heterocycles. The Kier molecular flexibility index (Phi) is 2.49. The Balaban J connectivity index is 1.68. The zero-order valence-corrected chi connectivity index (χ0v) is 12.1. The fraction of sp³-hybridized carbons (Fsp3) is 0.125. The Bertz CT molecular complexity index is 1000. The average Bonchev–Trinajstić information content (AvgIpc) is 3.32. The summed E-state index contributed by atoms with van der Waals surface area (Å²) >= 11 is 0. The summed E-state index contributed by atoms with van der Waals surface area (Å²) in [6, 6.07) is 12.2. The fourth-order valence-electron chi connectivity index (χ4n) is 2.99. The fourth-order valence-corrected chi connectivity index (χ4v) is 2.99. The molecule has 2 aromatic carbocycles. The van der Waals surface area contributed by atoms with Crippen LogP contribution in [0, 0.1) is 0 Å². The van der Waals surface area contributed by atoms with E-state index in [4.69, 9.17) is 4.74 Å². The van der Waals surface area contributed by atoms with E-state index < -0.39 is 0 Å². The second kappa shape index (κ2) is 4.64. The van der Waals surface area contributed by atoms with Crippen LogP contribution in [0.1, 0.15) is 5.56 Å². The van der Waals surface area contributed by atoms with Crippen LogP contribution in [0.4, 0.5) is 0 Å². The van der Waals surface area contributed by atoms with E-state index in [0.717, 1.165) is 46.5 Å². The molecule has 2 aromatic heterocycles. The normalized spacial score (nSPS) is 13.2. The van der Waals surface area contributed by atoms with Gasteiger partial charge in [-0.05, 0) is 47.2 Å². The Morgan fingerprint density at radius 2 is 1.96 bits per heavy atom. The molecule has 1 aliphatic heterocycles. The summed E-state index contributed by atoms with van der Waals surface area (Å²) < 4.78 is 5.57. The topological polar surface area (TPSA) is 92.4 Å². The highest BCUT2D eigenvalue weighted by Gasteiger charge is 2.16. The van der Waals surface area contributed by atoms with Gasteiger partial charge in [0.25, 0.3) is 0 Å². The predicted molar refractivity (Wildman–Crippen MR) is 83.9 cm³/mol. The van der Waals surface area contributed by atoms with Gasteiger partial charge in [-0.25, -0.2) is 0 Å². The first-order valence-corrected chi connectivity index (χ1v) is 7.36. The van der Waals surface area contributed by atoms with Crippen LogP contribution in [-0.2, 0) is 6.42 Å². The molecule has 7 heteroatoms. The molecule has 112 valence electrons. The molecule has 1 aliphatic rings. The second-order valence-corrected chi connectivity index (χ2v) is 5.49. The van der Waals surface area contributed by atoms with Gasteiger partial charge in [-0.15, -0.1) is 10.2 Å². The van der Waals surface area contributed by atoms with Gasteiger partial charge in [0.15, 0.2) is 0 Å². The lowest BCUT2D eigenvalue weighted by molar-refractivity contribution is 0.357. The molecule has 0 bridgehead atoms. The number of benzene rings is 2. The lowest BCUT2D eigenvalue weighted by atomic mass is 10.0. The molecule has 23 heavy (non-hydrogen) atoms. The SMILES string of the molecule is c1cc2[nH]nc(-c3ccc4c(c3)CCO4)c2cc1-c1nn[nH]n1. The molecule has 0 atom stereocenters. The number of nitrogens with zero attached hydrogens (tertiary/aromatic N) is 4. The van der Waals surface area contributed by atoms with Crippen molar-refractivity contribution in [2.24, 2.45) is 0 Å². The minimum absolute atomic E-state index is 0.571. The van der Waals surface area contributed by atoms with E-state index in [1.807, 2.05) is 30.3 Å². The molecule has 4 aromatic rings. The Hall–Kier alpha value is -3.22. The molecule has 0 aliphatic carbocycles. The highest BCUT2D eigenvalue weighted by molar-refractivity contribution is 5.95. The van der Waals surface area contributed by atoms with Crippen molar-refractivity contribution in [3.63, 3.8) is 0 Å². The molecule has 5 rings (SSSR count). The monoisotopic (exact) mass is 304 g/mol. The van der Waals surface area contributed by atoms with Crippen LogP contribution >= 0.6 is 0 Å². The van der Waals surface area contributed by atoms with Crippen LogP contribution in [0.5, 0.6) is 5.75 Å². The quantitative estimate of drug-likeness (QED) is 0.593. The lowest BCUT2D eigenvalue weighted by Crippen LogP contribution is -1.85. The zero-order valence-electron chi connectivity index (χ0n) is 12.1. The minimum Gasteiger partial charge on any atom is -0.493 e. The molecular formula is C16H12N6O. The number of aromatic nitrogens is 6. The summed E-state index contributed by atoms with van der Waals surface area (Å²) in [5.74, 6) is 1.54. The predicted octanol–water partition coefficient (Wildman–Crippen LogP) is 2.34. The largest absolute Gasteiger partial charge is 0.493 e. The molecule has 0 amide bonds. The van der Waals surface area contributed by atoms with Gasteiger partial charge >= 0.3 is 0 Å². The first-order valence-electron chi connectivity index (χ1n) is 7.36. The molecule has 0 unspecified atom stereocenters. The summed E-state index contributed by atoms with van der Waals surface area (Å²) in [6.07, 6.45) is 0.944. The molecule has 0 fully saturated rings. The van der Waals surface area contributed by atoms with E-state index in [-0.39, 0.29) is 0 Å². The molecule has 0 radical (unpaired) electrons. The second-order valence-electron chi connectivity index (χ2n) is 5.49. The van der Waals surface area contributed by atoms with Gasteiger partial charge in [0.1, 0.15) is 5.75 Å². The van der Waals surface area contributed by atoms with Gasteiger partial charge in [0, 0.05) is 22.9 Å². The van der Waals surface area contributed by atoms with Gasteiger partial charge < -0.3 is 4.74 Å². The van der Waals surface area contributed by atoms with Gasteiger partial charge in [0.05, 0.1) is 17.8 Å². The molecule has 2 N–H and O–H groups in total. The number of tetrazole rings is 1. The van der Waals surface area contributed by atoms with Crippen molar-refractivity contribution in [1.29, 1.82) is 0 Å². The summed E-state index contributed by atoms with van der Waals surface area (Å²) in [4.78, 5) is 0. The Morgan fingerprint density at radius 3 is 2.87 bits per heavy atom. The van der Waals surface area contributed by atoms with E-state index in [0.29, 0.717) is 5.82 Å². The summed E-state index contributed by atoms with van der Waals surface area (Å²) in [5, 5.41) is 22.8. The zero-order chi connectivity index (χ0) is 15.2. The standard InChI is InChI=1S/C16H12N6O/c1-3-13-12(8-11(1)16-19-21-22-20-16)15(18-17-13)10-2-4-14-9(7-10)5-6-23-14/h1-4,7-8H,5-6H2,(H,17,18)(H,19,20,21,22). The van der Waals surface area contributed by atoms with Crippen LogP contribution in [0.25, 0.3) is 33.5 Å². The summed E-state index contributed by atoms with van der Waals surface area (Å²) in [6.45, 7) is 0.752. The summed E-state index contributed by atoms with van der Waals surface area (Å²) in [7, 11) is 0. The molecule has 7 nitrogen and oxygen atoms in total. The smallest absolute Gasteiger partial charge is 0.204 e. The number of rotatable bonds is 2. The maximum Gasteiger partial charge on any atom is 0.204 e. The van der Waals surface area contributed by atoms with Gasteiger partial charge in [0.2, 0.25) is 5.82 Å². The van der Waals surface area contributed by atoms with Crippen molar-refractivity contribution in [2.75, 3.05) is 6.61 Å². The lowest BCUT2D eigenvalue weighted by Gasteiger charge is -2.03. The number of fused-ring (bicyclic) bond motifs is 2. The third-order valence-electron chi connectivity index (χ3n) is 4.13. The van der Waals surface area contributed by atoms with E-state index in [9.17, 15) is 0 Å². The number of aromatic amines is 2.